The molecule has 0 aliphatic carbocycles. The first kappa shape index (κ1) is 16.4. The third-order valence-electron chi connectivity index (χ3n) is 2.91. The standard InChI is InChI=1S/C15H16BrN3O3/c1-22-8-7-17-14(20)10-19-15(21)6-5-13(18-19)11-3-2-4-12(16)9-11/h2-6,9H,7-8,10H2,1H3,(H,17,20). The van der Waals surface area contributed by atoms with E-state index in [0.717, 1.165) is 14.7 Å². The van der Waals surface area contributed by atoms with Crippen LogP contribution in [0.5, 0.6) is 0 Å². The monoisotopic (exact) mass is 365 g/mol. The Morgan fingerprint density at radius 2 is 2.18 bits per heavy atom. The predicted molar refractivity (Wildman–Crippen MR) is 86.5 cm³/mol. The van der Waals surface area contributed by atoms with Crippen LogP contribution in [0.2, 0.25) is 0 Å². The van der Waals surface area contributed by atoms with Crippen molar-refractivity contribution in [3.8, 4) is 11.3 Å². The second kappa shape index (κ2) is 7.86. The highest BCUT2D eigenvalue weighted by molar-refractivity contribution is 9.10. The Morgan fingerprint density at radius 1 is 1.36 bits per heavy atom. The van der Waals surface area contributed by atoms with E-state index >= 15 is 0 Å². The summed E-state index contributed by atoms with van der Waals surface area (Å²) in [4.78, 5) is 23.6. The molecule has 1 aromatic carbocycles. The van der Waals surface area contributed by atoms with Crippen molar-refractivity contribution in [1.29, 1.82) is 0 Å². The van der Waals surface area contributed by atoms with E-state index in [9.17, 15) is 9.59 Å². The minimum absolute atomic E-state index is 0.121. The van der Waals surface area contributed by atoms with Crippen molar-refractivity contribution in [3.63, 3.8) is 0 Å². The molecular weight excluding hydrogens is 350 g/mol. The van der Waals surface area contributed by atoms with Crippen LogP contribution in [-0.2, 0) is 16.1 Å². The number of aromatic nitrogens is 2. The van der Waals surface area contributed by atoms with E-state index in [4.69, 9.17) is 4.74 Å². The Labute approximate surface area is 136 Å². The van der Waals surface area contributed by atoms with Gasteiger partial charge in [-0.05, 0) is 18.2 Å². The number of methoxy groups -OCH3 is 1. The van der Waals surface area contributed by atoms with Crippen LogP contribution in [-0.4, -0.2) is 35.9 Å². The van der Waals surface area contributed by atoms with Crippen molar-refractivity contribution in [3.05, 3.63) is 51.2 Å². The maximum atomic E-state index is 11.8. The average molecular weight is 366 g/mol. The summed E-state index contributed by atoms with van der Waals surface area (Å²) in [7, 11) is 1.56. The van der Waals surface area contributed by atoms with Crippen LogP contribution in [0, 0.1) is 0 Å². The number of hydrogen-bond donors (Lipinski definition) is 1. The van der Waals surface area contributed by atoms with E-state index < -0.39 is 0 Å². The fourth-order valence-electron chi connectivity index (χ4n) is 1.85. The molecule has 1 N–H and O–H groups in total. The van der Waals surface area contributed by atoms with E-state index in [1.165, 1.54) is 6.07 Å². The number of halogens is 1. The number of carbonyl (C=O) groups excluding carboxylic acids is 1. The molecule has 0 unspecified atom stereocenters. The van der Waals surface area contributed by atoms with E-state index in [1.807, 2.05) is 24.3 Å². The number of nitrogens with zero attached hydrogens (tertiary/aromatic N) is 2. The first-order valence-corrected chi connectivity index (χ1v) is 7.49. The number of hydrogen-bond acceptors (Lipinski definition) is 4. The molecular formula is C15H16BrN3O3. The molecule has 0 radical (unpaired) electrons. The van der Waals surface area contributed by atoms with Gasteiger partial charge in [-0.25, -0.2) is 4.68 Å². The van der Waals surface area contributed by atoms with Gasteiger partial charge in [0.15, 0.2) is 0 Å². The van der Waals surface area contributed by atoms with Crippen molar-refractivity contribution in [2.24, 2.45) is 0 Å². The van der Waals surface area contributed by atoms with Gasteiger partial charge in [-0.3, -0.25) is 9.59 Å². The van der Waals surface area contributed by atoms with Gasteiger partial charge < -0.3 is 10.1 Å². The molecule has 0 saturated heterocycles. The minimum Gasteiger partial charge on any atom is -0.383 e. The fraction of sp³-hybridized carbons (Fsp3) is 0.267. The smallest absolute Gasteiger partial charge is 0.267 e. The summed E-state index contributed by atoms with van der Waals surface area (Å²) in [6, 6.07) is 10.6. The minimum atomic E-state index is -0.319. The lowest BCUT2D eigenvalue weighted by Gasteiger charge is -2.08. The number of benzene rings is 1. The highest BCUT2D eigenvalue weighted by Crippen LogP contribution is 2.20. The van der Waals surface area contributed by atoms with Crippen molar-refractivity contribution in [2.45, 2.75) is 6.54 Å². The van der Waals surface area contributed by atoms with E-state index in [2.05, 4.69) is 26.3 Å². The molecule has 0 spiro atoms. The zero-order chi connectivity index (χ0) is 15.9. The molecule has 0 fully saturated rings. The number of carbonyl (C=O) groups is 1. The van der Waals surface area contributed by atoms with Gasteiger partial charge in [-0.1, -0.05) is 28.1 Å². The lowest BCUT2D eigenvalue weighted by atomic mass is 10.1. The lowest BCUT2D eigenvalue weighted by Crippen LogP contribution is -2.35. The summed E-state index contributed by atoms with van der Waals surface area (Å²) in [6.07, 6.45) is 0. The number of ether oxygens (including phenoxy) is 1. The van der Waals surface area contributed by atoms with Crippen LogP contribution in [0.3, 0.4) is 0 Å². The van der Waals surface area contributed by atoms with Gasteiger partial charge in [-0.2, -0.15) is 5.10 Å². The van der Waals surface area contributed by atoms with Gasteiger partial charge in [-0.15, -0.1) is 0 Å². The van der Waals surface area contributed by atoms with Crippen LogP contribution < -0.4 is 10.9 Å². The second-order valence-electron chi connectivity index (χ2n) is 4.57. The average Bonchev–Trinajstić information content (AvgIpc) is 2.50. The molecule has 2 rings (SSSR count). The molecule has 0 bridgehead atoms. The van der Waals surface area contributed by atoms with Gasteiger partial charge in [0.1, 0.15) is 6.54 Å². The fourth-order valence-corrected chi connectivity index (χ4v) is 2.25. The molecule has 7 heteroatoms. The molecule has 1 heterocycles. The summed E-state index contributed by atoms with van der Waals surface area (Å²) < 4.78 is 6.92. The lowest BCUT2D eigenvalue weighted by molar-refractivity contribution is -0.122. The number of rotatable bonds is 6. The van der Waals surface area contributed by atoms with E-state index in [-0.39, 0.29) is 18.0 Å². The summed E-state index contributed by atoms with van der Waals surface area (Å²) in [5.74, 6) is -0.280. The van der Waals surface area contributed by atoms with Gasteiger partial charge >= 0.3 is 0 Å². The van der Waals surface area contributed by atoms with Crippen LogP contribution in [0.25, 0.3) is 11.3 Å². The Morgan fingerprint density at radius 3 is 2.91 bits per heavy atom. The second-order valence-corrected chi connectivity index (χ2v) is 5.48. The van der Waals surface area contributed by atoms with Crippen molar-refractivity contribution >= 4 is 21.8 Å². The van der Waals surface area contributed by atoms with Crippen LogP contribution in [0.15, 0.2) is 45.7 Å². The molecule has 0 saturated carbocycles. The van der Waals surface area contributed by atoms with Crippen molar-refractivity contribution < 1.29 is 9.53 Å². The highest BCUT2D eigenvalue weighted by atomic mass is 79.9. The van der Waals surface area contributed by atoms with Crippen LogP contribution >= 0.6 is 15.9 Å². The van der Waals surface area contributed by atoms with Gasteiger partial charge in [0.2, 0.25) is 5.91 Å². The predicted octanol–water partition coefficient (Wildman–Crippen LogP) is 1.44. The van der Waals surface area contributed by atoms with Crippen molar-refractivity contribution in [2.75, 3.05) is 20.3 Å². The van der Waals surface area contributed by atoms with Gasteiger partial charge in [0.25, 0.3) is 5.56 Å². The molecule has 6 nitrogen and oxygen atoms in total. The first-order valence-electron chi connectivity index (χ1n) is 6.70. The van der Waals surface area contributed by atoms with Crippen molar-refractivity contribution in [1.82, 2.24) is 15.1 Å². The molecule has 22 heavy (non-hydrogen) atoms. The van der Waals surface area contributed by atoms with E-state index in [0.29, 0.717) is 18.8 Å². The zero-order valence-electron chi connectivity index (χ0n) is 12.1. The van der Waals surface area contributed by atoms with Crippen LogP contribution in [0.4, 0.5) is 0 Å². The molecule has 0 atom stereocenters. The first-order chi connectivity index (χ1) is 10.6. The number of nitrogens with one attached hydrogen (secondary N) is 1. The maximum Gasteiger partial charge on any atom is 0.267 e. The summed E-state index contributed by atoms with van der Waals surface area (Å²) in [6.45, 7) is 0.700. The molecule has 0 aliphatic heterocycles. The molecule has 1 aromatic heterocycles. The van der Waals surface area contributed by atoms with Gasteiger partial charge in [0.05, 0.1) is 12.3 Å². The molecule has 1 amide bonds. The third-order valence-corrected chi connectivity index (χ3v) is 3.40. The Hall–Kier alpha value is -1.99. The normalized spacial score (nSPS) is 10.5. The maximum absolute atomic E-state index is 11.8. The van der Waals surface area contributed by atoms with Gasteiger partial charge in [0, 0.05) is 29.8 Å². The third kappa shape index (κ3) is 4.51. The largest absolute Gasteiger partial charge is 0.383 e. The summed E-state index contributed by atoms with van der Waals surface area (Å²) >= 11 is 3.40. The Balaban J connectivity index is 2.17. The Kier molecular flexibility index (Phi) is 5.85. The number of amides is 1. The molecule has 116 valence electrons. The Bertz CT molecular complexity index is 715. The molecule has 0 aliphatic rings. The summed E-state index contributed by atoms with van der Waals surface area (Å²) in [5, 5.41) is 6.90. The summed E-state index contributed by atoms with van der Waals surface area (Å²) in [5.41, 5.74) is 1.18. The van der Waals surface area contributed by atoms with E-state index in [1.54, 1.807) is 13.2 Å². The molecule has 2 aromatic rings. The quantitative estimate of drug-likeness (QED) is 0.786. The topological polar surface area (TPSA) is 73.2 Å². The van der Waals surface area contributed by atoms with Crippen LogP contribution in [0.1, 0.15) is 0 Å². The highest BCUT2D eigenvalue weighted by Gasteiger charge is 2.08. The zero-order valence-corrected chi connectivity index (χ0v) is 13.7. The SMILES string of the molecule is COCCNC(=O)Cn1nc(-c2cccc(Br)c2)ccc1=O.